The van der Waals surface area contributed by atoms with Gasteiger partial charge in [0.2, 0.25) is 0 Å². The van der Waals surface area contributed by atoms with Crippen LogP contribution in [-0.2, 0) is 4.74 Å². The molecule has 0 aliphatic rings. The molecule has 0 radical (unpaired) electrons. The molecule has 0 aliphatic heterocycles. The van der Waals surface area contributed by atoms with Crippen LogP contribution in [0.1, 0.15) is 34.6 Å². The fourth-order valence-corrected chi connectivity index (χ4v) is 2.23. The van der Waals surface area contributed by atoms with Gasteiger partial charge in [-0.25, -0.2) is 18.6 Å². The molecule has 0 atom stereocenters. The first-order chi connectivity index (χ1) is 10.5. The number of pyridine rings is 1. The maximum Gasteiger partial charge on any atom is 0.413 e. The Kier molecular flexibility index (Phi) is 6.61. The van der Waals surface area contributed by atoms with Gasteiger partial charge in [-0.15, -0.1) is 11.8 Å². The summed E-state index contributed by atoms with van der Waals surface area (Å²) >= 11 is 1.41. The monoisotopic (exact) mass is 348 g/mol. The Balaban J connectivity index is 2.85. The molecule has 8 heteroatoms. The van der Waals surface area contributed by atoms with E-state index in [0.29, 0.717) is 10.7 Å². The molecular weight excluding hydrogens is 326 g/mol. The lowest BCUT2D eigenvalue weighted by atomic mass is 10.2. The van der Waals surface area contributed by atoms with Crippen LogP contribution in [0.4, 0.5) is 19.4 Å². The number of hydrogen-bond donors (Lipinski definition) is 1. The summed E-state index contributed by atoms with van der Waals surface area (Å²) in [4.78, 5) is 16.5. The third kappa shape index (κ3) is 8.01. The number of nitrogens with one attached hydrogen (secondary N) is 1. The summed E-state index contributed by atoms with van der Waals surface area (Å²) in [6.07, 6.45) is 0.662. The molecule has 5 nitrogen and oxygen atoms in total. The Morgan fingerprint density at radius 3 is 2.52 bits per heavy atom. The summed E-state index contributed by atoms with van der Waals surface area (Å²) in [6.45, 7) is 7.23. The van der Waals surface area contributed by atoms with Gasteiger partial charge in [-0.05, 0) is 32.6 Å². The van der Waals surface area contributed by atoms with E-state index in [9.17, 15) is 13.6 Å². The summed E-state index contributed by atoms with van der Waals surface area (Å²) in [5, 5.41) is 2.55. The third-order valence-corrected chi connectivity index (χ3v) is 3.15. The van der Waals surface area contributed by atoms with E-state index in [1.54, 1.807) is 26.8 Å². The van der Waals surface area contributed by atoms with Crippen LogP contribution in [0.2, 0.25) is 0 Å². The maximum absolute atomic E-state index is 12.8. The zero-order valence-corrected chi connectivity index (χ0v) is 14.7. The smallest absolute Gasteiger partial charge is 0.413 e. The first kappa shape index (κ1) is 19.5. The number of hydrogen-bond acceptors (Lipinski definition) is 5. The molecule has 0 spiro atoms. The van der Waals surface area contributed by atoms with Crippen LogP contribution in [-0.4, -0.2) is 35.0 Å². The number of rotatable bonds is 6. The SMILES string of the molecule is CCSc1cc(OCC(C)(F)F)cnc1NC(=O)OC(C)(C)C. The molecule has 130 valence electrons. The van der Waals surface area contributed by atoms with Crippen molar-refractivity contribution in [1.29, 1.82) is 0 Å². The second-order valence-electron chi connectivity index (χ2n) is 5.94. The Morgan fingerprint density at radius 1 is 1.35 bits per heavy atom. The van der Waals surface area contributed by atoms with Gasteiger partial charge < -0.3 is 9.47 Å². The molecule has 1 amide bonds. The molecule has 0 bridgehead atoms. The predicted octanol–water partition coefficient (Wildman–Crippen LogP) is 4.57. The number of anilines is 1. The number of thioether (sulfide) groups is 1. The Morgan fingerprint density at radius 2 is 2.00 bits per heavy atom. The molecule has 0 fully saturated rings. The van der Waals surface area contributed by atoms with Gasteiger partial charge in [0.15, 0.2) is 6.61 Å². The van der Waals surface area contributed by atoms with Crippen LogP contribution < -0.4 is 10.1 Å². The van der Waals surface area contributed by atoms with E-state index in [-0.39, 0.29) is 5.75 Å². The molecule has 1 rings (SSSR count). The van der Waals surface area contributed by atoms with Gasteiger partial charge in [-0.2, -0.15) is 0 Å². The van der Waals surface area contributed by atoms with E-state index < -0.39 is 24.2 Å². The predicted molar refractivity (Wildman–Crippen MR) is 86.6 cm³/mol. The third-order valence-electron chi connectivity index (χ3n) is 2.24. The van der Waals surface area contributed by atoms with Crippen LogP contribution >= 0.6 is 11.8 Å². The second-order valence-corrected chi connectivity index (χ2v) is 7.24. The van der Waals surface area contributed by atoms with Crippen molar-refractivity contribution < 1.29 is 23.0 Å². The fraction of sp³-hybridized carbons (Fsp3) is 0.600. The summed E-state index contributed by atoms with van der Waals surface area (Å²) in [6, 6.07) is 1.57. The number of amides is 1. The van der Waals surface area contributed by atoms with Gasteiger partial charge >= 0.3 is 6.09 Å². The Bertz CT molecular complexity index is 543. The number of halogens is 2. The normalized spacial score (nSPS) is 12.0. The molecule has 23 heavy (non-hydrogen) atoms. The Labute approximate surface area is 139 Å². The van der Waals surface area contributed by atoms with Crippen molar-refractivity contribution in [1.82, 2.24) is 4.98 Å². The van der Waals surface area contributed by atoms with Crippen molar-refractivity contribution >= 4 is 23.7 Å². The van der Waals surface area contributed by atoms with Crippen molar-refractivity contribution in [2.45, 2.75) is 51.0 Å². The molecule has 1 N–H and O–H groups in total. The highest BCUT2D eigenvalue weighted by atomic mass is 32.2. The number of carbonyl (C=O) groups excluding carboxylic acids is 1. The zero-order valence-electron chi connectivity index (χ0n) is 13.9. The van der Waals surface area contributed by atoms with E-state index in [2.05, 4.69) is 10.3 Å². The topological polar surface area (TPSA) is 60.5 Å². The molecule has 1 aromatic rings. The highest BCUT2D eigenvalue weighted by molar-refractivity contribution is 7.99. The molecule has 0 saturated carbocycles. The van der Waals surface area contributed by atoms with Crippen molar-refractivity contribution in [2.75, 3.05) is 17.7 Å². The van der Waals surface area contributed by atoms with Gasteiger partial charge in [0.25, 0.3) is 5.92 Å². The highest BCUT2D eigenvalue weighted by Gasteiger charge is 2.23. The van der Waals surface area contributed by atoms with Gasteiger partial charge in [0, 0.05) is 6.92 Å². The number of ether oxygens (including phenoxy) is 2. The van der Waals surface area contributed by atoms with Crippen molar-refractivity contribution in [3.8, 4) is 5.75 Å². The molecule has 0 saturated heterocycles. The van der Waals surface area contributed by atoms with Crippen LogP contribution in [0.5, 0.6) is 5.75 Å². The van der Waals surface area contributed by atoms with Crippen molar-refractivity contribution in [2.24, 2.45) is 0 Å². The molecule has 1 aromatic heterocycles. The summed E-state index contributed by atoms with van der Waals surface area (Å²) in [7, 11) is 0. The minimum atomic E-state index is -2.93. The molecule has 0 unspecified atom stereocenters. The van der Waals surface area contributed by atoms with E-state index in [4.69, 9.17) is 9.47 Å². The first-order valence-electron chi connectivity index (χ1n) is 7.13. The van der Waals surface area contributed by atoms with Gasteiger partial charge in [0.1, 0.15) is 17.2 Å². The summed E-state index contributed by atoms with van der Waals surface area (Å²) < 4.78 is 35.9. The molecule has 0 aromatic carbocycles. The van der Waals surface area contributed by atoms with Gasteiger partial charge in [-0.1, -0.05) is 6.92 Å². The maximum atomic E-state index is 12.8. The van der Waals surface area contributed by atoms with Crippen LogP contribution in [0.25, 0.3) is 0 Å². The van der Waals surface area contributed by atoms with Crippen molar-refractivity contribution in [3.05, 3.63) is 12.3 Å². The van der Waals surface area contributed by atoms with E-state index >= 15 is 0 Å². The quantitative estimate of drug-likeness (QED) is 0.763. The van der Waals surface area contributed by atoms with E-state index in [1.807, 2.05) is 6.92 Å². The fourth-order valence-electron chi connectivity index (χ4n) is 1.48. The van der Waals surface area contributed by atoms with Crippen LogP contribution in [0, 0.1) is 0 Å². The van der Waals surface area contributed by atoms with Gasteiger partial charge in [-0.3, -0.25) is 5.32 Å². The lowest BCUT2D eigenvalue weighted by Gasteiger charge is -2.20. The number of aromatic nitrogens is 1. The second kappa shape index (κ2) is 7.81. The number of nitrogens with zero attached hydrogens (tertiary/aromatic N) is 1. The lowest BCUT2D eigenvalue weighted by Crippen LogP contribution is -2.27. The molecular formula is C15H22F2N2O3S. The first-order valence-corrected chi connectivity index (χ1v) is 8.12. The largest absolute Gasteiger partial charge is 0.486 e. The average Bonchev–Trinajstić information content (AvgIpc) is 2.36. The standard InChI is InChI=1S/C15H22F2N2O3S/c1-6-23-11-7-10(21-9-15(5,16)17)8-18-12(11)19-13(20)22-14(2,3)4/h7-8H,6,9H2,1-5H3,(H,18,19,20). The van der Waals surface area contributed by atoms with E-state index in [0.717, 1.165) is 12.7 Å². The molecule has 0 aliphatic carbocycles. The summed E-state index contributed by atoms with van der Waals surface area (Å²) in [5.41, 5.74) is -0.627. The van der Waals surface area contributed by atoms with Crippen LogP contribution in [0.15, 0.2) is 17.2 Å². The average molecular weight is 348 g/mol. The van der Waals surface area contributed by atoms with Crippen LogP contribution in [0.3, 0.4) is 0 Å². The lowest BCUT2D eigenvalue weighted by molar-refractivity contribution is -0.0231. The minimum absolute atomic E-state index is 0.220. The van der Waals surface area contributed by atoms with E-state index in [1.165, 1.54) is 18.0 Å². The molecule has 1 heterocycles. The number of carbonyl (C=O) groups is 1. The highest BCUT2D eigenvalue weighted by Crippen LogP contribution is 2.30. The minimum Gasteiger partial charge on any atom is -0.486 e. The number of alkyl halides is 2. The van der Waals surface area contributed by atoms with Crippen molar-refractivity contribution in [3.63, 3.8) is 0 Å². The Hall–Kier alpha value is -1.57. The van der Waals surface area contributed by atoms with Gasteiger partial charge in [0.05, 0.1) is 11.1 Å². The zero-order chi connectivity index (χ0) is 17.7. The summed E-state index contributed by atoms with van der Waals surface area (Å²) in [5.74, 6) is -1.68.